The van der Waals surface area contributed by atoms with Crippen molar-refractivity contribution < 1.29 is 18.3 Å². The van der Waals surface area contributed by atoms with Crippen molar-refractivity contribution in [3.05, 3.63) is 24.3 Å². The van der Waals surface area contributed by atoms with Gasteiger partial charge in [-0.1, -0.05) is 19.1 Å². The average Bonchev–Trinajstić information content (AvgIpc) is 3.11. The first kappa shape index (κ1) is 21.7. The number of aliphatic imine (C=N–C) groups is 1. The molecule has 28 heavy (non-hydrogen) atoms. The molecule has 156 valence electrons. The van der Waals surface area contributed by atoms with Crippen molar-refractivity contribution in [3.63, 3.8) is 0 Å². The number of anilines is 1. The molecule has 2 N–H and O–H groups in total. The zero-order valence-electron chi connectivity index (χ0n) is 16.6. The van der Waals surface area contributed by atoms with Gasteiger partial charge in [0.05, 0.1) is 5.69 Å². The Morgan fingerprint density at radius 3 is 2.82 bits per heavy atom. The number of alkyl halides is 2. The molecule has 0 radical (unpaired) electrons. The summed E-state index contributed by atoms with van der Waals surface area (Å²) in [6.07, 6.45) is 1.74. The third-order valence-electron chi connectivity index (χ3n) is 4.36. The third kappa shape index (κ3) is 6.54. The van der Waals surface area contributed by atoms with E-state index < -0.39 is 6.61 Å². The molecule has 1 unspecified atom stereocenters. The first-order valence-corrected chi connectivity index (χ1v) is 9.44. The van der Waals surface area contributed by atoms with E-state index >= 15 is 0 Å². The molecule has 1 aliphatic heterocycles. The lowest BCUT2D eigenvalue weighted by molar-refractivity contribution is -0.127. The number of carbonyl (C=O) groups is 1. The number of rotatable bonds is 8. The fraction of sp³-hybridized carbons (Fsp3) is 0.579. The summed E-state index contributed by atoms with van der Waals surface area (Å²) in [6, 6.07) is 6.88. The number of para-hydroxylation sites is 2. The van der Waals surface area contributed by atoms with Crippen LogP contribution in [0.15, 0.2) is 29.3 Å². The molecule has 1 aliphatic rings. The Morgan fingerprint density at radius 1 is 1.39 bits per heavy atom. The van der Waals surface area contributed by atoms with Crippen LogP contribution in [0.1, 0.15) is 19.8 Å². The van der Waals surface area contributed by atoms with Crippen LogP contribution in [0.25, 0.3) is 0 Å². The van der Waals surface area contributed by atoms with E-state index in [4.69, 9.17) is 0 Å². The van der Waals surface area contributed by atoms with Crippen molar-refractivity contribution in [3.8, 4) is 5.75 Å². The van der Waals surface area contributed by atoms with Crippen LogP contribution in [0.2, 0.25) is 0 Å². The number of nitrogens with zero attached hydrogens (tertiary/aromatic N) is 3. The smallest absolute Gasteiger partial charge is 0.387 e. The fourth-order valence-electron chi connectivity index (χ4n) is 2.89. The number of carbonyl (C=O) groups excluding carboxylic acids is 1. The Morgan fingerprint density at radius 2 is 2.14 bits per heavy atom. The van der Waals surface area contributed by atoms with Crippen molar-refractivity contribution in [2.24, 2.45) is 4.99 Å². The van der Waals surface area contributed by atoms with E-state index in [1.807, 2.05) is 11.8 Å². The summed E-state index contributed by atoms with van der Waals surface area (Å²) >= 11 is 0. The van der Waals surface area contributed by atoms with E-state index in [0.717, 1.165) is 19.4 Å². The lowest BCUT2D eigenvalue weighted by Crippen LogP contribution is -2.45. The lowest BCUT2D eigenvalue weighted by Gasteiger charge is -2.22. The van der Waals surface area contributed by atoms with Gasteiger partial charge in [0.25, 0.3) is 0 Å². The quantitative estimate of drug-likeness (QED) is 0.518. The molecule has 7 nitrogen and oxygen atoms in total. The second-order valence-corrected chi connectivity index (χ2v) is 6.80. The van der Waals surface area contributed by atoms with Gasteiger partial charge in [0.2, 0.25) is 5.91 Å². The molecule has 1 saturated heterocycles. The number of hydrogen-bond acceptors (Lipinski definition) is 4. The number of benzene rings is 1. The van der Waals surface area contributed by atoms with E-state index in [-0.39, 0.29) is 24.2 Å². The first-order chi connectivity index (χ1) is 13.4. The zero-order chi connectivity index (χ0) is 20.5. The van der Waals surface area contributed by atoms with Crippen molar-refractivity contribution in [2.75, 3.05) is 45.2 Å². The number of amides is 1. The summed E-state index contributed by atoms with van der Waals surface area (Å²) in [7, 11) is 3.39. The van der Waals surface area contributed by atoms with Crippen LogP contribution in [0.5, 0.6) is 5.75 Å². The Labute approximate surface area is 164 Å². The molecule has 1 heterocycles. The predicted octanol–water partition coefficient (Wildman–Crippen LogP) is 1.90. The maximum Gasteiger partial charge on any atom is 0.387 e. The minimum absolute atomic E-state index is 0.0630. The minimum Gasteiger partial charge on any atom is -0.433 e. The highest BCUT2D eigenvalue weighted by Crippen LogP contribution is 2.31. The third-order valence-corrected chi connectivity index (χ3v) is 4.36. The van der Waals surface area contributed by atoms with Gasteiger partial charge in [-0.05, 0) is 25.0 Å². The second-order valence-electron chi connectivity index (χ2n) is 6.80. The van der Waals surface area contributed by atoms with Crippen LogP contribution in [0.3, 0.4) is 0 Å². The fourth-order valence-corrected chi connectivity index (χ4v) is 2.89. The van der Waals surface area contributed by atoms with Gasteiger partial charge < -0.3 is 25.2 Å². The molecule has 2 rings (SSSR count). The van der Waals surface area contributed by atoms with Crippen LogP contribution in [0, 0.1) is 0 Å². The zero-order valence-corrected chi connectivity index (χ0v) is 16.6. The van der Waals surface area contributed by atoms with Crippen molar-refractivity contribution in [1.29, 1.82) is 0 Å². The summed E-state index contributed by atoms with van der Waals surface area (Å²) in [6.45, 7) is 1.32. The maximum atomic E-state index is 12.7. The van der Waals surface area contributed by atoms with Crippen LogP contribution in [-0.2, 0) is 4.79 Å². The van der Waals surface area contributed by atoms with Crippen LogP contribution in [-0.4, -0.2) is 69.7 Å². The number of ether oxygens (including phenoxy) is 1. The number of halogens is 2. The van der Waals surface area contributed by atoms with E-state index in [2.05, 4.69) is 20.4 Å². The molecule has 0 aromatic heterocycles. The highest BCUT2D eigenvalue weighted by atomic mass is 19.3. The molecule has 1 fully saturated rings. The molecule has 1 atom stereocenters. The van der Waals surface area contributed by atoms with Gasteiger partial charge in [-0.3, -0.25) is 4.79 Å². The highest BCUT2D eigenvalue weighted by molar-refractivity contribution is 5.85. The van der Waals surface area contributed by atoms with Gasteiger partial charge in [0.1, 0.15) is 12.3 Å². The van der Waals surface area contributed by atoms with Gasteiger partial charge >= 0.3 is 6.61 Å². The summed E-state index contributed by atoms with van der Waals surface area (Å²) in [5.41, 5.74) is 0.648. The van der Waals surface area contributed by atoms with Crippen molar-refractivity contribution in [1.82, 2.24) is 15.5 Å². The summed E-state index contributed by atoms with van der Waals surface area (Å²) < 4.78 is 29.9. The monoisotopic (exact) mass is 397 g/mol. The minimum atomic E-state index is -2.86. The van der Waals surface area contributed by atoms with Gasteiger partial charge in [0.15, 0.2) is 5.96 Å². The molecular weight excluding hydrogens is 368 g/mol. The molecule has 0 spiro atoms. The maximum absolute atomic E-state index is 12.7. The van der Waals surface area contributed by atoms with E-state index in [1.165, 1.54) is 4.90 Å². The average molecular weight is 397 g/mol. The van der Waals surface area contributed by atoms with E-state index in [1.54, 1.807) is 38.4 Å². The van der Waals surface area contributed by atoms with Gasteiger partial charge in [-0.15, -0.1) is 0 Å². The standard InChI is InChI=1S/C19H29F2N5O2/c1-4-10-22-19(23-12-17(27)25(2)3)24-14-9-11-26(13-14)15-7-5-6-8-16(15)28-18(20)21/h5-8,14,18H,4,9-13H2,1-3H3,(H2,22,23,24). The molecule has 1 amide bonds. The first-order valence-electron chi connectivity index (χ1n) is 9.44. The molecule has 0 bridgehead atoms. The van der Waals surface area contributed by atoms with Crippen molar-refractivity contribution >= 4 is 17.6 Å². The summed E-state index contributed by atoms with van der Waals surface area (Å²) in [4.78, 5) is 19.7. The Hall–Kier alpha value is -2.58. The number of likely N-dealkylation sites (N-methyl/N-ethyl adjacent to an activating group) is 1. The summed E-state index contributed by atoms with van der Waals surface area (Å²) in [5, 5.41) is 6.55. The Kier molecular flexibility index (Phi) is 8.28. The van der Waals surface area contributed by atoms with Crippen LogP contribution in [0.4, 0.5) is 14.5 Å². The molecule has 1 aromatic carbocycles. The van der Waals surface area contributed by atoms with Crippen molar-refractivity contribution in [2.45, 2.75) is 32.4 Å². The number of hydrogen-bond donors (Lipinski definition) is 2. The van der Waals surface area contributed by atoms with E-state index in [0.29, 0.717) is 24.7 Å². The summed E-state index contributed by atoms with van der Waals surface area (Å²) in [5.74, 6) is 0.678. The number of nitrogens with one attached hydrogen (secondary N) is 2. The van der Waals surface area contributed by atoms with Gasteiger partial charge in [-0.25, -0.2) is 4.99 Å². The normalized spacial score (nSPS) is 17.0. The van der Waals surface area contributed by atoms with Crippen LogP contribution < -0.4 is 20.3 Å². The largest absolute Gasteiger partial charge is 0.433 e. The molecule has 0 saturated carbocycles. The molecule has 9 heteroatoms. The topological polar surface area (TPSA) is 69.2 Å². The van der Waals surface area contributed by atoms with Gasteiger partial charge in [-0.2, -0.15) is 8.78 Å². The number of guanidine groups is 1. The predicted molar refractivity (Wildman–Crippen MR) is 106 cm³/mol. The second kappa shape index (κ2) is 10.7. The lowest BCUT2D eigenvalue weighted by atomic mass is 10.2. The van der Waals surface area contributed by atoms with Gasteiger partial charge in [0, 0.05) is 39.8 Å². The van der Waals surface area contributed by atoms with E-state index in [9.17, 15) is 13.6 Å². The molecule has 0 aliphatic carbocycles. The Balaban J connectivity index is 2.01. The highest BCUT2D eigenvalue weighted by Gasteiger charge is 2.26. The van der Waals surface area contributed by atoms with Crippen LogP contribution >= 0.6 is 0 Å². The molecular formula is C19H29F2N5O2. The SMILES string of the molecule is CCCNC(=NCC(=O)N(C)C)NC1CCN(c2ccccc2OC(F)F)C1. The Bertz CT molecular complexity index is 669. The molecule has 1 aromatic rings.